The number of piperazine rings is 1. The predicted molar refractivity (Wildman–Crippen MR) is 72.5 cm³/mol. The van der Waals surface area contributed by atoms with Gasteiger partial charge in [0.15, 0.2) is 0 Å². The van der Waals surface area contributed by atoms with Gasteiger partial charge in [0, 0.05) is 6.54 Å². The molecule has 1 fully saturated rings. The van der Waals surface area contributed by atoms with E-state index in [1.165, 1.54) is 0 Å². The van der Waals surface area contributed by atoms with E-state index in [1.807, 2.05) is 38.1 Å². The molecule has 0 bridgehead atoms. The molecule has 0 aliphatic carbocycles. The van der Waals surface area contributed by atoms with Crippen molar-refractivity contribution >= 4 is 11.8 Å². The van der Waals surface area contributed by atoms with Gasteiger partial charge in [-0.2, -0.15) is 0 Å². The van der Waals surface area contributed by atoms with Gasteiger partial charge in [0.2, 0.25) is 11.8 Å². The number of carbonyl (C=O) groups excluding carboxylic acids is 2. The standard InChI is InChI=1S/C14H19N3O2/c1-9-5-3-4-6-11(9)10(2)17-14(19)12-7-16-13(18)8-15-12/h3-6,10,12,15H,7-8H2,1-2H3,(H,16,18)(H,17,19)/t10-,12?/m0/s1. The number of nitrogens with one attached hydrogen (secondary N) is 3. The van der Waals surface area contributed by atoms with Gasteiger partial charge in [-0.25, -0.2) is 0 Å². The van der Waals surface area contributed by atoms with Gasteiger partial charge in [0.25, 0.3) is 0 Å². The minimum atomic E-state index is -0.357. The summed E-state index contributed by atoms with van der Waals surface area (Å²) >= 11 is 0. The summed E-state index contributed by atoms with van der Waals surface area (Å²) in [6, 6.07) is 7.57. The molecule has 0 spiro atoms. The maximum absolute atomic E-state index is 12.1. The summed E-state index contributed by atoms with van der Waals surface area (Å²) in [5.41, 5.74) is 2.26. The lowest BCUT2D eigenvalue weighted by atomic mass is 10.0. The molecular formula is C14H19N3O2. The molecule has 1 saturated heterocycles. The third-order valence-electron chi connectivity index (χ3n) is 3.34. The Morgan fingerprint density at radius 3 is 2.79 bits per heavy atom. The molecule has 0 radical (unpaired) electrons. The van der Waals surface area contributed by atoms with Crippen LogP contribution in [0.15, 0.2) is 24.3 Å². The highest BCUT2D eigenvalue weighted by molar-refractivity contribution is 5.86. The summed E-state index contributed by atoms with van der Waals surface area (Å²) in [5.74, 6) is -0.160. The van der Waals surface area contributed by atoms with Crippen molar-refractivity contribution in [2.75, 3.05) is 13.1 Å². The minimum Gasteiger partial charge on any atom is -0.353 e. The fourth-order valence-corrected chi connectivity index (χ4v) is 2.22. The number of carbonyl (C=O) groups is 2. The average molecular weight is 261 g/mol. The van der Waals surface area contributed by atoms with E-state index in [0.717, 1.165) is 11.1 Å². The van der Waals surface area contributed by atoms with Crippen molar-refractivity contribution in [2.24, 2.45) is 0 Å². The van der Waals surface area contributed by atoms with Crippen LogP contribution in [0, 0.1) is 6.92 Å². The van der Waals surface area contributed by atoms with Gasteiger partial charge in [-0.1, -0.05) is 24.3 Å². The molecule has 5 heteroatoms. The summed E-state index contributed by atoms with van der Waals surface area (Å²) in [6.45, 7) is 4.51. The van der Waals surface area contributed by atoms with Crippen molar-refractivity contribution in [1.29, 1.82) is 0 Å². The molecule has 0 saturated carbocycles. The molecule has 102 valence electrons. The molecule has 2 atom stereocenters. The van der Waals surface area contributed by atoms with E-state index in [4.69, 9.17) is 0 Å². The minimum absolute atomic E-state index is 0.0480. The van der Waals surface area contributed by atoms with Crippen LogP contribution in [0.2, 0.25) is 0 Å². The largest absolute Gasteiger partial charge is 0.353 e. The van der Waals surface area contributed by atoms with Crippen molar-refractivity contribution in [3.05, 3.63) is 35.4 Å². The van der Waals surface area contributed by atoms with Crippen molar-refractivity contribution in [2.45, 2.75) is 25.9 Å². The number of rotatable bonds is 3. The average Bonchev–Trinajstić information content (AvgIpc) is 2.39. The summed E-state index contributed by atoms with van der Waals surface area (Å²) in [6.07, 6.45) is 0. The molecule has 1 aromatic carbocycles. The molecule has 1 heterocycles. The van der Waals surface area contributed by atoms with E-state index in [9.17, 15) is 9.59 Å². The van der Waals surface area contributed by atoms with Crippen molar-refractivity contribution in [3.63, 3.8) is 0 Å². The highest BCUT2D eigenvalue weighted by Gasteiger charge is 2.24. The molecule has 5 nitrogen and oxygen atoms in total. The smallest absolute Gasteiger partial charge is 0.239 e. The number of hydrogen-bond donors (Lipinski definition) is 3. The number of aryl methyl sites for hydroxylation is 1. The molecule has 2 amide bonds. The summed E-state index contributed by atoms with van der Waals surface area (Å²) in [7, 11) is 0. The summed E-state index contributed by atoms with van der Waals surface area (Å²) < 4.78 is 0. The maximum atomic E-state index is 12.1. The number of amides is 2. The second kappa shape index (κ2) is 5.84. The first-order valence-electron chi connectivity index (χ1n) is 6.44. The van der Waals surface area contributed by atoms with Crippen LogP contribution in [0.1, 0.15) is 24.1 Å². The zero-order valence-corrected chi connectivity index (χ0v) is 11.2. The van der Waals surface area contributed by atoms with Gasteiger partial charge in [-0.05, 0) is 25.0 Å². The normalized spacial score (nSPS) is 20.5. The zero-order valence-electron chi connectivity index (χ0n) is 11.2. The Bertz CT molecular complexity index is 477. The molecule has 1 aromatic rings. The lowest BCUT2D eigenvalue weighted by Gasteiger charge is -2.25. The first kappa shape index (κ1) is 13.5. The molecule has 0 aromatic heterocycles. The molecule has 2 rings (SSSR count). The second-order valence-corrected chi connectivity index (χ2v) is 4.82. The van der Waals surface area contributed by atoms with Crippen LogP contribution in [-0.4, -0.2) is 30.9 Å². The fourth-order valence-electron chi connectivity index (χ4n) is 2.22. The Labute approximate surface area is 112 Å². The van der Waals surface area contributed by atoms with E-state index in [-0.39, 0.29) is 30.4 Å². The highest BCUT2D eigenvalue weighted by atomic mass is 16.2. The van der Waals surface area contributed by atoms with E-state index in [2.05, 4.69) is 16.0 Å². The second-order valence-electron chi connectivity index (χ2n) is 4.82. The van der Waals surface area contributed by atoms with Crippen LogP contribution in [-0.2, 0) is 9.59 Å². The van der Waals surface area contributed by atoms with Crippen LogP contribution in [0.25, 0.3) is 0 Å². The fraction of sp³-hybridized carbons (Fsp3) is 0.429. The predicted octanol–water partition coefficient (Wildman–Crippen LogP) is 0.260. The highest BCUT2D eigenvalue weighted by Crippen LogP contribution is 2.16. The molecule has 1 aliphatic rings. The van der Waals surface area contributed by atoms with Gasteiger partial charge in [0.05, 0.1) is 12.6 Å². The molecule has 19 heavy (non-hydrogen) atoms. The molecule has 1 unspecified atom stereocenters. The Kier molecular flexibility index (Phi) is 4.16. The van der Waals surface area contributed by atoms with Gasteiger partial charge in [-0.3, -0.25) is 14.9 Å². The number of benzene rings is 1. The SMILES string of the molecule is Cc1ccccc1[C@H](C)NC(=O)C1CNC(=O)CN1. The first-order valence-corrected chi connectivity index (χ1v) is 6.44. The van der Waals surface area contributed by atoms with Crippen molar-refractivity contribution in [3.8, 4) is 0 Å². The zero-order chi connectivity index (χ0) is 13.8. The van der Waals surface area contributed by atoms with Crippen LogP contribution in [0.5, 0.6) is 0 Å². The van der Waals surface area contributed by atoms with Crippen molar-refractivity contribution < 1.29 is 9.59 Å². The quantitative estimate of drug-likeness (QED) is 0.731. The Balaban J connectivity index is 1.95. The van der Waals surface area contributed by atoms with Crippen LogP contribution in [0.3, 0.4) is 0 Å². The Morgan fingerprint density at radius 2 is 2.16 bits per heavy atom. The maximum Gasteiger partial charge on any atom is 0.239 e. The third-order valence-corrected chi connectivity index (χ3v) is 3.34. The molecule has 3 N–H and O–H groups in total. The van der Waals surface area contributed by atoms with Crippen LogP contribution in [0.4, 0.5) is 0 Å². The monoisotopic (exact) mass is 261 g/mol. The lowest BCUT2D eigenvalue weighted by Crippen LogP contribution is -2.58. The van der Waals surface area contributed by atoms with Gasteiger partial charge < -0.3 is 10.6 Å². The summed E-state index contributed by atoms with van der Waals surface area (Å²) in [5, 5.41) is 8.56. The molecular weight excluding hydrogens is 242 g/mol. The van der Waals surface area contributed by atoms with Crippen molar-refractivity contribution in [1.82, 2.24) is 16.0 Å². The first-order chi connectivity index (χ1) is 9.08. The molecule has 1 aliphatic heterocycles. The lowest BCUT2D eigenvalue weighted by molar-refractivity contribution is -0.127. The van der Waals surface area contributed by atoms with Gasteiger partial charge in [-0.15, -0.1) is 0 Å². The summed E-state index contributed by atoms with van der Waals surface area (Å²) in [4.78, 5) is 23.1. The van der Waals surface area contributed by atoms with E-state index >= 15 is 0 Å². The van der Waals surface area contributed by atoms with E-state index in [0.29, 0.717) is 6.54 Å². The number of hydrogen-bond acceptors (Lipinski definition) is 3. The van der Waals surface area contributed by atoms with Crippen LogP contribution >= 0.6 is 0 Å². The van der Waals surface area contributed by atoms with Crippen LogP contribution < -0.4 is 16.0 Å². The third kappa shape index (κ3) is 3.32. The van der Waals surface area contributed by atoms with Gasteiger partial charge >= 0.3 is 0 Å². The Hall–Kier alpha value is -1.88. The topological polar surface area (TPSA) is 70.2 Å². The van der Waals surface area contributed by atoms with Gasteiger partial charge in [0.1, 0.15) is 6.04 Å². The van der Waals surface area contributed by atoms with E-state index < -0.39 is 0 Å². The Morgan fingerprint density at radius 1 is 1.42 bits per heavy atom. The van der Waals surface area contributed by atoms with E-state index in [1.54, 1.807) is 0 Å².